The molecule has 6 nitrogen and oxygen atoms in total. The van der Waals surface area contributed by atoms with Crippen molar-refractivity contribution in [1.82, 2.24) is 9.29 Å². The Morgan fingerprint density at radius 2 is 1.94 bits per heavy atom. The highest BCUT2D eigenvalue weighted by Crippen LogP contribution is 2.26. The lowest BCUT2D eigenvalue weighted by Crippen LogP contribution is -2.48. The monoisotopic (exact) mass is 334 g/mol. The number of piperazine rings is 1. The molecule has 1 aliphatic rings. The van der Waals surface area contributed by atoms with Crippen LogP contribution in [0.4, 0.5) is 11.5 Å². The van der Waals surface area contributed by atoms with Gasteiger partial charge in [0.05, 0.1) is 22.6 Å². The van der Waals surface area contributed by atoms with Crippen molar-refractivity contribution >= 4 is 37.5 Å². The molecule has 0 saturated carbocycles. The first-order valence-electron chi connectivity index (χ1n) is 5.49. The smallest absolute Gasteiger partial charge is 0.211 e. The van der Waals surface area contributed by atoms with Crippen LogP contribution in [0.5, 0.6) is 0 Å². The molecular weight excluding hydrogens is 320 g/mol. The molecule has 1 saturated heterocycles. The largest absolute Gasteiger partial charge is 0.397 e. The van der Waals surface area contributed by atoms with Crippen LogP contribution in [0.15, 0.2) is 16.7 Å². The summed E-state index contributed by atoms with van der Waals surface area (Å²) in [5, 5.41) is 0. The van der Waals surface area contributed by atoms with Gasteiger partial charge in [-0.25, -0.2) is 13.4 Å². The molecule has 0 atom stereocenters. The first kappa shape index (κ1) is 13.6. The number of hydrogen-bond acceptors (Lipinski definition) is 5. The summed E-state index contributed by atoms with van der Waals surface area (Å²) in [6, 6.07) is 1.80. The molecule has 0 unspecified atom stereocenters. The Labute approximate surface area is 115 Å². The number of rotatable bonds is 2. The summed E-state index contributed by atoms with van der Waals surface area (Å²) in [4.78, 5) is 6.32. The van der Waals surface area contributed by atoms with Gasteiger partial charge in [-0.3, -0.25) is 0 Å². The molecule has 0 amide bonds. The topological polar surface area (TPSA) is 79.5 Å². The van der Waals surface area contributed by atoms with Crippen LogP contribution >= 0.6 is 15.9 Å². The van der Waals surface area contributed by atoms with Gasteiger partial charge in [-0.2, -0.15) is 4.31 Å². The van der Waals surface area contributed by atoms with Crippen molar-refractivity contribution in [2.75, 3.05) is 43.1 Å². The average Bonchev–Trinajstić information content (AvgIpc) is 2.28. The first-order chi connectivity index (χ1) is 8.38. The number of halogens is 1. The van der Waals surface area contributed by atoms with Crippen molar-refractivity contribution in [2.24, 2.45) is 0 Å². The molecule has 0 radical (unpaired) electrons. The molecule has 100 valence electrons. The van der Waals surface area contributed by atoms with E-state index in [1.165, 1.54) is 10.6 Å². The van der Waals surface area contributed by atoms with Gasteiger partial charge in [0.15, 0.2) is 0 Å². The molecule has 8 heteroatoms. The van der Waals surface area contributed by atoms with Gasteiger partial charge in [0.1, 0.15) is 5.82 Å². The van der Waals surface area contributed by atoms with Crippen LogP contribution in [0, 0.1) is 0 Å². The van der Waals surface area contributed by atoms with Gasteiger partial charge in [-0.1, -0.05) is 0 Å². The summed E-state index contributed by atoms with van der Waals surface area (Å²) in [6.45, 7) is 2.22. The van der Waals surface area contributed by atoms with Gasteiger partial charge < -0.3 is 10.6 Å². The summed E-state index contributed by atoms with van der Waals surface area (Å²) in [5.41, 5.74) is 6.24. The highest BCUT2D eigenvalue weighted by atomic mass is 79.9. The van der Waals surface area contributed by atoms with Gasteiger partial charge in [-0.05, 0) is 22.0 Å². The number of aromatic nitrogens is 1. The Morgan fingerprint density at radius 1 is 1.33 bits per heavy atom. The molecule has 0 aliphatic carbocycles. The molecule has 1 fully saturated rings. The minimum atomic E-state index is -3.09. The molecule has 2 rings (SSSR count). The number of nitrogens with two attached hydrogens (primary N) is 1. The van der Waals surface area contributed by atoms with Gasteiger partial charge >= 0.3 is 0 Å². The quantitative estimate of drug-likeness (QED) is 0.852. The predicted octanol–water partition coefficient (Wildman–Crippen LogP) is 0.508. The minimum Gasteiger partial charge on any atom is -0.397 e. The second-order valence-electron chi connectivity index (χ2n) is 4.22. The molecule has 2 heterocycles. The zero-order valence-corrected chi connectivity index (χ0v) is 12.4. The fourth-order valence-corrected chi connectivity index (χ4v) is 3.35. The molecular formula is C10H15BrN4O2S. The first-order valence-corrected chi connectivity index (χ1v) is 8.13. The Bertz CT molecular complexity index is 541. The highest BCUT2D eigenvalue weighted by Gasteiger charge is 2.24. The van der Waals surface area contributed by atoms with Crippen LogP contribution in [0.2, 0.25) is 0 Å². The van der Waals surface area contributed by atoms with Crippen molar-refractivity contribution in [3.05, 3.63) is 16.7 Å². The second kappa shape index (κ2) is 5.02. The lowest BCUT2D eigenvalue weighted by molar-refractivity contribution is 0.387. The van der Waals surface area contributed by atoms with Crippen LogP contribution in [0.1, 0.15) is 0 Å². The van der Waals surface area contributed by atoms with Crippen molar-refractivity contribution in [3.8, 4) is 0 Å². The van der Waals surface area contributed by atoms with E-state index in [9.17, 15) is 8.42 Å². The predicted molar refractivity (Wildman–Crippen MR) is 75.0 cm³/mol. The number of sulfonamides is 1. The second-order valence-corrected chi connectivity index (χ2v) is 7.06. The van der Waals surface area contributed by atoms with E-state index in [2.05, 4.69) is 20.9 Å². The minimum absolute atomic E-state index is 0.483. The summed E-state index contributed by atoms with van der Waals surface area (Å²) < 4.78 is 25.1. The number of nitrogen functional groups attached to an aromatic ring is 1. The van der Waals surface area contributed by atoms with E-state index in [1.54, 1.807) is 12.3 Å². The van der Waals surface area contributed by atoms with E-state index in [1.807, 2.05) is 4.90 Å². The van der Waals surface area contributed by atoms with E-state index in [0.717, 1.165) is 10.3 Å². The van der Waals surface area contributed by atoms with Crippen molar-refractivity contribution in [3.63, 3.8) is 0 Å². The third-order valence-electron chi connectivity index (χ3n) is 2.85. The summed E-state index contributed by atoms with van der Waals surface area (Å²) >= 11 is 3.42. The normalized spacial score (nSPS) is 18.0. The van der Waals surface area contributed by atoms with E-state index in [-0.39, 0.29) is 0 Å². The van der Waals surface area contributed by atoms with Gasteiger partial charge in [-0.15, -0.1) is 0 Å². The van der Waals surface area contributed by atoms with Crippen LogP contribution in [-0.4, -0.2) is 50.1 Å². The fraction of sp³-hybridized carbons (Fsp3) is 0.500. The maximum atomic E-state index is 11.4. The SMILES string of the molecule is CS(=O)(=O)N1CCN(c2ncc(N)cc2Br)CC1. The lowest BCUT2D eigenvalue weighted by Gasteiger charge is -2.34. The van der Waals surface area contributed by atoms with E-state index in [0.29, 0.717) is 31.9 Å². The number of anilines is 2. The van der Waals surface area contributed by atoms with E-state index in [4.69, 9.17) is 5.73 Å². The zero-order valence-electron chi connectivity index (χ0n) is 10.0. The molecule has 1 aromatic heterocycles. The molecule has 2 N–H and O–H groups in total. The van der Waals surface area contributed by atoms with Crippen LogP contribution < -0.4 is 10.6 Å². The Hall–Kier alpha value is -0.860. The Balaban J connectivity index is 2.10. The molecule has 1 aliphatic heterocycles. The van der Waals surface area contributed by atoms with E-state index < -0.39 is 10.0 Å². The third-order valence-corrected chi connectivity index (χ3v) is 4.74. The van der Waals surface area contributed by atoms with Crippen LogP contribution in [-0.2, 0) is 10.0 Å². The third kappa shape index (κ3) is 2.93. The lowest BCUT2D eigenvalue weighted by atomic mass is 10.3. The van der Waals surface area contributed by atoms with Crippen LogP contribution in [0.3, 0.4) is 0 Å². The van der Waals surface area contributed by atoms with Crippen molar-refractivity contribution < 1.29 is 8.42 Å². The fourth-order valence-electron chi connectivity index (χ4n) is 1.91. The van der Waals surface area contributed by atoms with Gasteiger partial charge in [0.25, 0.3) is 0 Å². The molecule has 0 bridgehead atoms. The highest BCUT2D eigenvalue weighted by molar-refractivity contribution is 9.10. The van der Waals surface area contributed by atoms with Crippen molar-refractivity contribution in [2.45, 2.75) is 0 Å². The van der Waals surface area contributed by atoms with Gasteiger partial charge in [0.2, 0.25) is 10.0 Å². The number of nitrogens with zero attached hydrogens (tertiary/aromatic N) is 3. The number of hydrogen-bond donors (Lipinski definition) is 1. The average molecular weight is 335 g/mol. The maximum Gasteiger partial charge on any atom is 0.211 e. The standard InChI is InChI=1S/C10H15BrN4O2S/c1-18(16,17)15-4-2-14(3-5-15)10-9(11)6-8(12)7-13-10/h6-7H,2-5,12H2,1H3. The Kier molecular flexibility index (Phi) is 3.79. The molecule has 0 spiro atoms. The Morgan fingerprint density at radius 3 is 2.44 bits per heavy atom. The molecule has 18 heavy (non-hydrogen) atoms. The zero-order chi connectivity index (χ0) is 13.3. The summed E-state index contributed by atoms with van der Waals surface area (Å²) in [7, 11) is -3.09. The summed E-state index contributed by atoms with van der Waals surface area (Å²) in [5.74, 6) is 0.803. The number of pyridine rings is 1. The van der Waals surface area contributed by atoms with Crippen molar-refractivity contribution in [1.29, 1.82) is 0 Å². The maximum absolute atomic E-state index is 11.4. The molecule has 0 aromatic carbocycles. The van der Waals surface area contributed by atoms with Gasteiger partial charge in [0, 0.05) is 26.2 Å². The molecule has 1 aromatic rings. The van der Waals surface area contributed by atoms with E-state index >= 15 is 0 Å². The summed E-state index contributed by atoms with van der Waals surface area (Å²) in [6.07, 6.45) is 2.84. The van der Waals surface area contributed by atoms with Crippen LogP contribution in [0.25, 0.3) is 0 Å².